The number of guanidine groups is 1. The molecule has 0 saturated carbocycles. The van der Waals surface area contributed by atoms with Gasteiger partial charge in [0.15, 0.2) is 5.96 Å². The third-order valence-electron chi connectivity index (χ3n) is 3.09. The van der Waals surface area contributed by atoms with Crippen molar-refractivity contribution in [3.05, 3.63) is 42.4 Å². The molecule has 1 aromatic heterocycles. The van der Waals surface area contributed by atoms with Crippen molar-refractivity contribution in [2.45, 2.75) is 13.0 Å². The molecule has 2 rings (SSSR count). The number of benzene rings is 1. The topological polar surface area (TPSA) is 56.3 Å². The Hall–Kier alpha value is -1.71. The molecule has 0 saturated heterocycles. The van der Waals surface area contributed by atoms with Gasteiger partial charge in [-0.05, 0) is 5.56 Å². The molecule has 126 valence electrons. The van der Waals surface area contributed by atoms with E-state index in [2.05, 4.69) is 20.3 Å². The summed E-state index contributed by atoms with van der Waals surface area (Å²) in [6.07, 6.45) is -0.660. The van der Waals surface area contributed by atoms with Gasteiger partial charge in [-0.1, -0.05) is 30.3 Å². The largest absolute Gasteiger partial charge is 0.351 e. The molecule has 1 heterocycles. The molecular weight excluding hydrogens is 415 g/mol. The van der Waals surface area contributed by atoms with Crippen LogP contribution < -0.4 is 5.32 Å². The number of hydrogen-bond donors (Lipinski definition) is 2. The van der Waals surface area contributed by atoms with Gasteiger partial charge < -0.3 is 15.2 Å². The van der Waals surface area contributed by atoms with Crippen LogP contribution in [0.4, 0.5) is 8.78 Å². The van der Waals surface area contributed by atoms with Gasteiger partial charge in [0.2, 0.25) is 0 Å². The van der Waals surface area contributed by atoms with E-state index in [1.165, 1.54) is 0 Å². The third kappa shape index (κ3) is 5.77. The maximum absolute atomic E-state index is 12.3. The summed E-state index contributed by atoms with van der Waals surface area (Å²) >= 11 is 0. The lowest BCUT2D eigenvalue weighted by Crippen LogP contribution is -2.40. The van der Waals surface area contributed by atoms with Crippen LogP contribution in [0.25, 0.3) is 11.3 Å². The van der Waals surface area contributed by atoms with Crippen LogP contribution in [0.5, 0.6) is 0 Å². The molecule has 1 aromatic carbocycles. The van der Waals surface area contributed by atoms with Gasteiger partial charge in [-0.15, -0.1) is 24.0 Å². The van der Waals surface area contributed by atoms with Crippen molar-refractivity contribution in [2.24, 2.45) is 4.99 Å². The number of imidazole rings is 1. The van der Waals surface area contributed by atoms with Crippen molar-refractivity contribution in [3.8, 4) is 11.3 Å². The molecule has 23 heavy (non-hydrogen) atoms. The normalized spacial score (nSPS) is 11.3. The number of nitrogens with one attached hydrogen (secondary N) is 2. The fraction of sp³-hybridized carbons (Fsp3) is 0.333. The summed E-state index contributed by atoms with van der Waals surface area (Å²) in [5.74, 6) is 1.14. The second-order valence-corrected chi connectivity index (χ2v) is 4.78. The average Bonchev–Trinajstić information content (AvgIpc) is 2.97. The minimum atomic E-state index is -2.42. The first-order valence-electron chi connectivity index (χ1n) is 6.89. The second-order valence-electron chi connectivity index (χ2n) is 4.78. The van der Waals surface area contributed by atoms with E-state index in [0.717, 1.165) is 17.1 Å². The highest BCUT2D eigenvalue weighted by Gasteiger charge is 2.11. The van der Waals surface area contributed by atoms with Gasteiger partial charge in [0.1, 0.15) is 5.82 Å². The first-order valence-corrected chi connectivity index (χ1v) is 6.89. The van der Waals surface area contributed by atoms with Crippen molar-refractivity contribution in [1.82, 2.24) is 20.2 Å². The molecule has 0 fully saturated rings. The standard InChI is InChI=1S/C15H19F2N5.HI/c1-18-15(20-9-13(16)17)22(2)10-14-19-8-12(21-14)11-6-4-3-5-7-11;/h3-8,13H,9-10H2,1-2H3,(H,18,20)(H,19,21);1H. The predicted octanol–water partition coefficient (Wildman–Crippen LogP) is 2.97. The summed E-state index contributed by atoms with van der Waals surface area (Å²) in [7, 11) is 3.33. The summed E-state index contributed by atoms with van der Waals surface area (Å²) in [6, 6.07) is 9.84. The molecule has 0 radical (unpaired) electrons. The summed E-state index contributed by atoms with van der Waals surface area (Å²) in [5, 5.41) is 2.61. The van der Waals surface area contributed by atoms with Crippen LogP contribution in [0.1, 0.15) is 5.82 Å². The quantitative estimate of drug-likeness (QED) is 0.432. The lowest BCUT2D eigenvalue weighted by atomic mass is 10.2. The monoisotopic (exact) mass is 435 g/mol. The van der Waals surface area contributed by atoms with Crippen LogP contribution in [0, 0.1) is 0 Å². The van der Waals surface area contributed by atoms with Crippen molar-refractivity contribution < 1.29 is 8.78 Å². The zero-order valence-corrected chi connectivity index (χ0v) is 15.3. The van der Waals surface area contributed by atoms with Gasteiger partial charge in [-0.3, -0.25) is 4.99 Å². The number of nitrogens with zero attached hydrogens (tertiary/aromatic N) is 3. The Balaban J connectivity index is 0.00000264. The smallest absolute Gasteiger partial charge is 0.255 e. The first kappa shape index (κ1) is 19.3. The Bertz CT molecular complexity index is 615. The molecule has 5 nitrogen and oxygen atoms in total. The number of alkyl halides is 2. The van der Waals surface area contributed by atoms with E-state index in [-0.39, 0.29) is 24.0 Å². The zero-order chi connectivity index (χ0) is 15.9. The number of aliphatic imine (C=N–C) groups is 1. The summed E-state index contributed by atoms with van der Waals surface area (Å²) in [6.45, 7) is 0.0141. The number of hydrogen-bond acceptors (Lipinski definition) is 2. The number of aromatic amines is 1. The van der Waals surface area contributed by atoms with Gasteiger partial charge in [0.25, 0.3) is 6.43 Å². The van der Waals surface area contributed by atoms with E-state index < -0.39 is 13.0 Å². The fourth-order valence-electron chi connectivity index (χ4n) is 2.06. The Kier molecular flexibility index (Phi) is 7.93. The fourth-order valence-corrected chi connectivity index (χ4v) is 2.06. The highest BCUT2D eigenvalue weighted by molar-refractivity contribution is 14.0. The first-order chi connectivity index (χ1) is 10.6. The van der Waals surface area contributed by atoms with Gasteiger partial charge in [-0.25, -0.2) is 13.8 Å². The lowest BCUT2D eigenvalue weighted by Gasteiger charge is -2.20. The predicted molar refractivity (Wildman–Crippen MR) is 98.3 cm³/mol. The molecule has 0 spiro atoms. The van der Waals surface area contributed by atoms with Crippen molar-refractivity contribution in [2.75, 3.05) is 20.6 Å². The van der Waals surface area contributed by atoms with Crippen LogP contribution in [-0.2, 0) is 6.54 Å². The van der Waals surface area contributed by atoms with E-state index >= 15 is 0 Å². The Morgan fingerprint density at radius 3 is 2.65 bits per heavy atom. The molecular formula is C15H20F2IN5. The highest BCUT2D eigenvalue weighted by Crippen LogP contribution is 2.16. The van der Waals surface area contributed by atoms with E-state index in [4.69, 9.17) is 0 Å². The van der Waals surface area contributed by atoms with Crippen LogP contribution in [-0.4, -0.2) is 47.9 Å². The second kappa shape index (κ2) is 9.43. The van der Waals surface area contributed by atoms with Crippen LogP contribution in [0.2, 0.25) is 0 Å². The molecule has 0 bridgehead atoms. The average molecular weight is 435 g/mol. The molecule has 2 N–H and O–H groups in total. The SMILES string of the molecule is CN=C(NCC(F)F)N(C)Cc1ncc(-c2ccccc2)[nH]1.I. The maximum atomic E-state index is 12.3. The molecule has 0 amide bonds. The maximum Gasteiger partial charge on any atom is 0.255 e. The van der Waals surface area contributed by atoms with Crippen molar-refractivity contribution in [3.63, 3.8) is 0 Å². The molecule has 0 aliphatic rings. The summed E-state index contributed by atoms with van der Waals surface area (Å²) in [5.41, 5.74) is 1.96. The number of H-pyrrole nitrogens is 1. The molecule has 0 unspecified atom stereocenters. The summed E-state index contributed by atoms with van der Waals surface area (Å²) < 4.78 is 24.5. The zero-order valence-electron chi connectivity index (χ0n) is 13.0. The molecule has 0 atom stereocenters. The molecule has 0 aliphatic carbocycles. The van der Waals surface area contributed by atoms with E-state index in [9.17, 15) is 8.78 Å². The number of aromatic nitrogens is 2. The minimum Gasteiger partial charge on any atom is -0.351 e. The Labute approximate surface area is 151 Å². The number of halogens is 3. The van der Waals surface area contributed by atoms with Gasteiger partial charge in [-0.2, -0.15) is 0 Å². The Morgan fingerprint density at radius 1 is 1.35 bits per heavy atom. The van der Waals surface area contributed by atoms with Crippen molar-refractivity contribution in [1.29, 1.82) is 0 Å². The molecule has 8 heteroatoms. The Morgan fingerprint density at radius 2 is 2.04 bits per heavy atom. The van der Waals surface area contributed by atoms with Gasteiger partial charge >= 0.3 is 0 Å². The lowest BCUT2D eigenvalue weighted by molar-refractivity contribution is 0.151. The van der Waals surface area contributed by atoms with Gasteiger partial charge in [0.05, 0.1) is 25.0 Å². The van der Waals surface area contributed by atoms with Gasteiger partial charge in [0, 0.05) is 14.1 Å². The van der Waals surface area contributed by atoms with Crippen LogP contribution >= 0.6 is 24.0 Å². The van der Waals surface area contributed by atoms with E-state index in [1.807, 2.05) is 30.3 Å². The van der Waals surface area contributed by atoms with Crippen molar-refractivity contribution >= 4 is 29.9 Å². The van der Waals surface area contributed by atoms with E-state index in [0.29, 0.717) is 12.5 Å². The third-order valence-corrected chi connectivity index (χ3v) is 3.09. The minimum absolute atomic E-state index is 0. The number of rotatable bonds is 5. The highest BCUT2D eigenvalue weighted by atomic mass is 127. The van der Waals surface area contributed by atoms with Crippen LogP contribution in [0.15, 0.2) is 41.5 Å². The van der Waals surface area contributed by atoms with E-state index in [1.54, 1.807) is 25.2 Å². The van der Waals surface area contributed by atoms with Crippen LogP contribution in [0.3, 0.4) is 0 Å². The molecule has 2 aromatic rings. The summed E-state index contributed by atoms with van der Waals surface area (Å²) in [4.78, 5) is 13.2. The molecule has 0 aliphatic heterocycles.